The van der Waals surface area contributed by atoms with Gasteiger partial charge in [-0.15, -0.1) is 6.58 Å². The molecule has 21 heavy (non-hydrogen) atoms. The minimum Gasteiger partial charge on any atom is -0.480 e. The molecule has 2 atom stereocenters. The largest absolute Gasteiger partial charge is 0.480 e. The van der Waals surface area contributed by atoms with E-state index in [0.717, 1.165) is 5.56 Å². The minimum atomic E-state index is -1.21. The number of carbonyl (C=O) groups excluding carboxylic acids is 1. The van der Waals surface area contributed by atoms with Crippen LogP contribution in [0.4, 0.5) is 0 Å². The van der Waals surface area contributed by atoms with Crippen molar-refractivity contribution >= 4 is 11.9 Å². The molecule has 0 heterocycles. The van der Waals surface area contributed by atoms with Gasteiger partial charge in [-0.2, -0.15) is 0 Å². The number of hydrogen-bond donors (Lipinski definition) is 2. The van der Waals surface area contributed by atoms with Gasteiger partial charge in [0.05, 0.1) is 0 Å². The summed E-state index contributed by atoms with van der Waals surface area (Å²) < 4.78 is 0. The summed E-state index contributed by atoms with van der Waals surface area (Å²) in [6.07, 6.45) is 3.00. The van der Waals surface area contributed by atoms with Crippen LogP contribution in [0.2, 0.25) is 0 Å². The first-order valence-electron chi connectivity index (χ1n) is 7.15. The van der Waals surface area contributed by atoms with Gasteiger partial charge in [0.25, 0.3) is 0 Å². The fraction of sp³-hybridized carbons (Fsp3) is 0.412. The molecule has 1 aromatic rings. The van der Waals surface area contributed by atoms with E-state index in [1.54, 1.807) is 13.0 Å². The molecule has 0 radical (unpaired) electrons. The maximum Gasteiger partial charge on any atom is 0.329 e. The van der Waals surface area contributed by atoms with Crippen molar-refractivity contribution in [3.05, 3.63) is 48.6 Å². The lowest BCUT2D eigenvalue weighted by atomic mass is 9.93. The van der Waals surface area contributed by atoms with Crippen LogP contribution in [0.1, 0.15) is 44.6 Å². The molecule has 1 rings (SSSR count). The Morgan fingerprint density at radius 2 is 2.00 bits per heavy atom. The third-order valence-corrected chi connectivity index (χ3v) is 3.55. The standard InChI is InChI=1S/C17H23NO3/c1-4-11-17(3,16(20)21)18-15(19)12-13(5-2)14-9-7-6-8-10-14/h5-10,13H,2,4,11-12H2,1,3H3,(H,18,19)(H,20,21). The van der Waals surface area contributed by atoms with Crippen molar-refractivity contribution < 1.29 is 14.7 Å². The van der Waals surface area contributed by atoms with E-state index in [1.807, 2.05) is 37.3 Å². The van der Waals surface area contributed by atoms with Crippen LogP contribution >= 0.6 is 0 Å². The number of carbonyl (C=O) groups is 2. The second-order valence-corrected chi connectivity index (χ2v) is 5.39. The van der Waals surface area contributed by atoms with Crippen molar-refractivity contribution in [3.8, 4) is 0 Å². The Hall–Kier alpha value is -2.10. The summed E-state index contributed by atoms with van der Waals surface area (Å²) >= 11 is 0. The van der Waals surface area contributed by atoms with Gasteiger partial charge in [0.2, 0.25) is 5.91 Å². The number of carboxylic acid groups (broad SMARTS) is 1. The average Bonchev–Trinajstić information content (AvgIpc) is 2.45. The number of amides is 1. The van der Waals surface area contributed by atoms with Crippen LogP contribution < -0.4 is 5.32 Å². The fourth-order valence-electron chi connectivity index (χ4n) is 2.32. The molecule has 0 saturated heterocycles. The predicted octanol–water partition coefficient (Wildman–Crippen LogP) is 3.11. The molecule has 0 aliphatic rings. The van der Waals surface area contributed by atoms with E-state index in [2.05, 4.69) is 11.9 Å². The molecule has 0 aliphatic heterocycles. The van der Waals surface area contributed by atoms with Gasteiger partial charge in [-0.05, 0) is 18.9 Å². The Morgan fingerprint density at radius 1 is 1.38 bits per heavy atom. The van der Waals surface area contributed by atoms with E-state index in [0.29, 0.717) is 12.8 Å². The van der Waals surface area contributed by atoms with Crippen LogP contribution in [0.25, 0.3) is 0 Å². The normalized spacial score (nSPS) is 14.8. The van der Waals surface area contributed by atoms with Crippen molar-refractivity contribution in [2.45, 2.75) is 44.6 Å². The molecule has 0 aromatic heterocycles. The number of nitrogens with one attached hydrogen (secondary N) is 1. The van der Waals surface area contributed by atoms with Crippen LogP contribution in [0, 0.1) is 0 Å². The first-order chi connectivity index (χ1) is 9.92. The predicted molar refractivity (Wildman–Crippen MR) is 83.1 cm³/mol. The first kappa shape index (κ1) is 17.0. The maximum absolute atomic E-state index is 12.2. The molecule has 114 valence electrons. The molecule has 0 fully saturated rings. The third-order valence-electron chi connectivity index (χ3n) is 3.55. The lowest BCUT2D eigenvalue weighted by molar-refractivity contribution is -0.147. The summed E-state index contributed by atoms with van der Waals surface area (Å²) in [5, 5.41) is 11.9. The summed E-state index contributed by atoms with van der Waals surface area (Å²) in [5.41, 5.74) is -0.219. The highest BCUT2D eigenvalue weighted by Gasteiger charge is 2.34. The van der Waals surface area contributed by atoms with Gasteiger partial charge < -0.3 is 10.4 Å². The highest BCUT2D eigenvalue weighted by Crippen LogP contribution is 2.21. The third kappa shape index (κ3) is 4.74. The lowest BCUT2D eigenvalue weighted by Crippen LogP contribution is -2.52. The monoisotopic (exact) mass is 289 g/mol. The zero-order valence-corrected chi connectivity index (χ0v) is 12.6. The summed E-state index contributed by atoms with van der Waals surface area (Å²) in [7, 11) is 0. The second kappa shape index (κ2) is 7.62. The highest BCUT2D eigenvalue weighted by atomic mass is 16.4. The number of benzene rings is 1. The summed E-state index contributed by atoms with van der Waals surface area (Å²) in [6.45, 7) is 7.20. The van der Waals surface area contributed by atoms with Gasteiger partial charge in [-0.25, -0.2) is 4.79 Å². The van der Waals surface area contributed by atoms with Gasteiger partial charge in [0, 0.05) is 12.3 Å². The van der Waals surface area contributed by atoms with E-state index in [-0.39, 0.29) is 18.2 Å². The van der Waals surface area contributed by atoms with Crippen molar-refractivity contribution in [1.29, 1.82) is 0 Å². The SMILES string of the molecule is C=CC(CC(=O)NC(C)(CCC)C(=O)O)c1ccccc1. The number of rotatable bonds is 8. The summed E-state index contributed by atoms with van der Waals surface area (Å²) in [4.78, 5) is 23.5. The van der Waals surface area contributed by atoms with Crippen LogP contribution in [0.3, 0.4) is 0 Å². The van der Waals surface area contributed by atoms with E-state index in [9.17, 15) is 14.7 Å². The molecule has 4 heteroatoms. The van der Waals surface area contributed by atoms with Gasteiger partial charge in [0.15, 0.2) is 0 Å². The lowest BCUT2D eigenvalue weighted by Gasteiger charge is -2.26. The van der Waals surface area contributed by atoms with Gasteiger partial charge in [-0.3, -0.25) is 4.79 Å². The van der Waals surface area contributed by atoms with Crippen LogP contribution in [-0.4, -0.2) is 22.5 Å². The van der Waals surface area contributed by atoms with E-state index in [4.69, 9.17) is 0 Å². The number of aliphatic carboxylic acids is 1. The number of allylic oxidation sites excluding steroid dienone is 1. The summed E-state index contributed by atoms with van der Waals surface area (Å²) in [6, 6.07) is 9.58. The summed E-state index contributed by atoms with van der Waals surface area (Å²) in [5.74, 6) is -1.40. The molecule has 1 amide bonds. The number of carboxylic acids is 1. The molecular formula is C17H23NO3. The Balaban J connectivity index is 2.75. The second-order valence-electron chi connectivity index (χ2n) is 5.39. The van der Waals surface area contributed by atoms with Crippen LogP contribution in [-0.2, 0) is 9.59 Å². The Morgan fingerprint density at radius 3 is 2.48 bits per heavy atom. The van der Waals surface area contributed by atoms with Crippen molar-refractivity contribution in [2.24, 2.45) is 0 Å². The molecule has 4 nitrogen and oxygen atoms in total. The Kier molecular flexibility index (Phi) is 6.15. The molecule has 2 unspecified atom stereocenters. The highest BCUT2D eigenvalue weighted by molar-refractivity contribution is 5.87. The Labute approximate surface area is 125 Å². The quantitative estimate of drug-likeness (QED) is 0.723. The van der Waals surface area contributed by atoms with Crippen molar-refractivity contribution in [2.75, 3.05) is 0 Å². The average molecular weight is 289 g/mol. The van der Waals surface area contributed by atoms with Gasteiger partial charge >= 0.3 is 5.97 Å². The molecule has 0 aliphatic carbocycles. The van der Waals surface area contributed by atoms with Crippen LogP contribution in [0.5, 0.6) is 0 Å². The Bertz CT molecular complexity index is 498. The molecule has 0 spiro atoms. The molecule has 0 saturated carbocycles. The zero-order chi connectivity index (χ0) is 15.9. The van der Waals surface area contributed by atoms with Crippen molar-refractivity contribution in [3.63, 3.8) is 0 Å². The van der Waals surface area contributed by atoms with E-state index >= 15 is 0 Å². The van der Waals surface area contributed by atoms with Gasteiger partial charge in [-0.1, -0.05) is 49.8 Å². The fourth-order valence-corrected chi connectivity index (χ4v) is 2.32. The maximum atomic E-state index is 12.2. The zero-order valence-electron chi connectivity index (χ0n) is 12.6. The molecular weight excluding hydrogens is 266 g/mol. The van der Waals surface area contributed by atoms with Crippen molar-refractivity contribution in [1.82, 2.24) is 5.32 Å². The topological polar surface area (TPSA) is 66.4 Å². The molecule has 1 aromatic carbocycles. The van der Waals surface area contributed by atoms with Crippen LogP contribution in [0.15, 0.2) is 43.0 Å². The minimum absolute atomic E-state index is 0.120. The van der Waals surface area contributed by atoms with Gasteiger partial charge in [0.1, 0.15) is 5.54 Å². The molecule has 0 bridgehead atoms. The van der Waals surface area contributed by atoms with E-state index in [1.165, 1.54) is 0 Å². The smallest absolute Gasteiger partial charge is 0.329 e. The molecule has 2 N–H and O–H groups in total. The van der Waals surface area contributed by atoms with E-state index < -0.39 is 11.5 Å². The number of hydrogen-bond acceptors (Lipinski definition) is 2. The first-order valence-corrected chi connectivity index (χ1v) is 7.15.